The Balaban J connectivity index is 2.33. The van der Waals surface area contributed by atoms with E-state index in [9.17, 15) is 0 Å². The standard InChI is InChI=1S/C8H17NO/c1-7-4-5-8(6-10-3)9(7)2/h7-8H,4-6H2,1-3H3/t7-,8+/m1/s1. The second kappa shape index (κ2) is 3.35. The minimum atomic E-state index is 0.667. The summed E-state index contributed by atoms with van der Waals surface area (Å²) in [5.41, 5.74) is 0. The van der Waals surface area contributed by atoms with Gasteiger partial charge >= 0.3 is 0 Å². The molecule has 0 aromatic heterocycles. The van der Waals surface area contributed by atoms with Gasteiger partial charge in [0, 0.05) is 19.2 Å². The first-order valence-corrected chi connectivity index (χ1v) is 3.96. The van der Waals surface area contributed by atoms with Crippen LogP contribution in [0, 0.1) is 0 Å². The van der Waals surface area contributed by atoms with Crippen molar-refractivity contribution in [1.29, 1.82) is 0 Å². The smallest absolute Gasteiger partial charge is 0.0618 e. The molecule has 0 N–H and O–H groups in total. The normalized spacial score (nSPS) is 35.1. The lowest BCUT2D eigenvalue weighted by molar-refractivity contribution is 0.117. The zero-order valence-corrected chi connectivity index (χ0v) is 7.13. The molecule has 0 amide bonds. The number of hydrogen-bond acceptors (Lipinski definition) is 2. The maximum Gasteiger partial charge on any atom is 0.0618 e. The molecule has 2 atom stereocenters. The summed E-state index contributed by atoms with van der Waals surface area (Å²) >= 11 is 0. The first-order chi connectivity index (χ1) is 4.75. The molecule has 1 fully saturated rings. The molecule has 1 aliphatic heterocycles. The second-order valence-electron chi connectivity index (χ2n) is 3.20. The van der Waals surface area contributed by atoms with E-state index in [1.165, 1.54) is 12.8 Å². The summed E-state index contributed by atoms with van der Waals surface area (Å²) in [7, 11) is 3.96. The summed E-state index contributed by atoms with van der Waals surface area (Å²) in [6, 6.07) is 1.42. The Bertz CT molecular complexity index is 103. The van der Waals surface area contributed by atoms with E-state index in [4.69, 9.17) is 4.74 Å². The van der Waals surface area contributed by atoms with Gasteiger partial charge in [-0.1, -0.05) is 0 Å². The van der Waals surface area contributed by atoms with Crippen LogP contribution in [0.4, 0.5) is 0 Å². The number of rotatable bonds is 2. The van der Waals surface area contributed by atoms with Gasteiger partial charge in [0.2, 0.25) is 0 Å². The Labute approximate surface area is 63.2 Å². The van der Waals surface area contributed by atoms with E-state index < -0.39 is 0 Å². The Hall–Kier alpha value is -0.0800. The van der Waals surface area contributed by atoms with Crippen LogP contribution in [0.2, 0.25) is 0 Å². The fourth-order valence-electron chi connectivity index (χ4n) is 1.59. The van der Waals surface area contributed by atoms with Crippen molar-refractivity contribution in [2.75, 3.05) is 20.8 Å². The predicted molar refractivity (Wildman–Crippen MR) is 42.1 cm³/mol. The number of likely N-dealkylation sites (tertiary alicyclic amines) is 1. The first-order valence-electron chi connectivity index (χ1n) is 3.96. The Kier molecular flexibility index (Phi) is 2.69. The van der Waals surface area contributed by atoms with Crippen LogP contribution in [0.5, 0.6) is 0 Å². The van der Waals surface area contributed by atoms with Gasteiger partial charge in [0.1, 0.15) is 0 Å². The molecule has 0 saturated carbocycles. The highest BCUT2D eigenvalue weighted by atomic mass is 16.5. The molecule has 0 aromatic carbocycles. The molecule has 0 aliphatic carbocycles. The van der Waals surface area contributed by atoms with Crippen molar-refractivity contribution in [2.24, 2.45) is 0 Å². The van der Waals surface area contributed by atoms with Gasteiger partial charge in [-0.2, -0.15) is 0 Å². The van der Waals surface area contributed by atoms with Crippen LogP contribution < -0.4 is 0 Å². The zero-order chi connectivity index (χ0) is 7.56. The minimum absolute atomic E-state index is 0.667. The largest absolute Gasteiger partial charge is 0.383 e. The summed E-state index contributed by atoms with van der Waals surface area (Å²) in [6.07, 6.45) is 2.62. The van der Waals surface area contributed by atoms with Gasteiger partial charge in [-0.3, -0.25) is 4.90 Å². The van der Waals surface area contributed by atoms with Gasteiger partial charge in [0.25, 0.3) is 0 Å². The highest BCUT2D eigenvalue weighted by molar-refractivity contribution is 4.81. The van der Waals surface area contributed by atoms with Crippen molar-refractivity contribution in [3.05, 3.63) is 0 Å². The second-order valence-corrected chi connectivity index (χ2v) is 3.20. The SMILES string of the molecule is COC[C@@H]1CC[C@@H](C)N1C. The molecular weight excluding hydrogens is 126 g/mol. The molecule has 0 spiro atoms. The number of methoxy groups -OCH3 is 1. The highest BCUT2D eigenvalue weighted by Crippen LogP contribution is 2.21. The number of hydrogen-bond donors (Lipinski definition) is 0. The maximum absolute atomic E-state index is 5.10. The number of nitrogens with zero attached hydrogens (tertiary/aromatic N) is 1. The molecule has 2 nitrogen and oxygen atoms in total. The van der Waals surface area contributed by atoms with Gasteiger partial charge < -0.3 is 4.74 Å². The lowest BCUT2D eigenvalue weighted by atomic mass is 10.2. The van der Waals surface area contributed by atoms with E-state index >= 15 is 0 Å². The molecule has 0 aromatic rings. The topological polar surface area (TPSA) is 12.5 Å². The first kappa shape index (κ1) is 8.02. The summed E-state index contributed by atoms with van der Waals surface area (Å²) in [5.74, 6) is 0. The third-order valence-corrected chi connectivity index (χ3v) is 2.55. The summed E-state index contributed by atoms with van der Waals surface area (Å²) in [5, 5.41) is 0. The molecule has 0 radical (unpaired) electrons. The van der Waals surface area contributed by atoms with Crippen molar-refractivity contribution < 1.29 is 4.74 Å². The molecule has 1 heterocycles. The molecule has 1 saturated heterocycles. The Morgan fingerprint density at radius 2 is 2.20 bits per heavy atom. The fraction of sp³-hybridized carbons (Fsp3) is 1.00. The van der Waals surface area contributed by atoms with E-state index in [0.717, 1.165) is 12.6 Å². The average Bonchev–Trinajstić information content (AvgIpc) is 2.20. The predicted octanol–water partition coefficient (Wildman–Crippen LogP) is 1.12. The van der Waals surface area contributed by atoms with E-state index in [2.05, 4.69) is 18.9 Å². The van der Waals surface area contributed by atoms with Crippen molar-refractivity contribution in [3.63, 3.8) is 0 Å². The van der Waals surface area contributed by atoms with E-state index in [1.54, 1.807) is 7.11 Å². The van der Waals surface area contributed by atoms with Crippen molar-refractivity contribution in [2.45, 2.75) is 31.8 Å². The van der Waals surface area contributed by atoms with E-state index in [0.29, 0.717) is 6.04 Å². The molecular formula is C8H17NO. The fourth-order valence-corrected chi connectivity index (χ4v) is 1.59. The van der Waals surface area contributed by atoms with Gasteiger partial charge in [0.05, 0.1) is 6.61 Å². The van der Waals surface area contributed by atoms with Gasteiger partial charge in [-0.05, 0) is 26.8 Å². The number of likely N-dealkylation sites (N-methyl/N-ethyl adjacent to an activating group) is 1. The molecule has 60 valence electrons. The number of ether oxygens (including phenoxy) is 1. The van der Waals surface area contributed by atoms with Crippen LogP contribution in [0.3, 0.4) is 0 Å². The Morgan fingerprint density at radius 3 is 2.60 bits per heavy atom. The molecule has 2 heteroatoms. The lowest BCUT2D eigenvalue weighted by Gasteiger charge is -2.22. The van der Waals surface area contributed by atoms with Crippen LogP contribution in [0.15, 0.2) is 0 Å². The van der Waals surface area contributed by atoms with Gasteiger partial charge in [0.15, 0.2) is 0 Å². The molecule has 0 bridgehead atoms. The van der Waals surface area contributed by atoms with Crippen LogP contribution in [0.1, 0.15) is 19.8 Å². The third kappa shape index (κ3) is 1.50. The van der Waals surface area contributed by atoms with Crippen LogP contribution in [-0.2, 0) is 4.74 Å². The van der Waals surface area contributed by atoms with Crippen molar-refractivity contribution >= 4 is 0 Å². The van der Waals surface area contributed by atoms with Gasteiger partial charge in [-0.25, -0.2) is 0 Å². The zero-order valence-electron chi connectivity index (χ0n) is 7.13. The molecule has 10 heavy (non-hydrogen) atoms. The molecule has 1 rings (SSSR count). The van der Waals surface area contributed by atoms with E-state index in [1.807, 2.05) is 0 Å². The summed E-state index contributed by atoms with van der Waals surface area (Å²) < 4.78 is 5.10. The lowest BCUT2D eigenvalue weighted by Crippen LogP contribution is -2.33. The summed E-state index contributed by atoms with van der Waals surface area (Å²) in [6.45, 7) is 3.16. The quantitative estimate of drug-likeness (QED) is 0.574. The molecule has 1 aliphatic rings. The molecule has 0 unspecified atom stereocenters. The van der Waals surface area contributed by atoms with Gasteiger partial charge in [-0.15, -0.1) is 0 Å². The monoisotopic (exact) mass is 143 g/mol. The van der Waals surface area contributed by atoms with Crippen molar-refractivity contribution in [1.82, 2.24) is 4.90 Å². The Morgan fingerprint density at radius 1 is 1.50 bits per heavy atom. The van der Waals surface area contributed by atoms with Crippen LogP contribution >= 0.6 is 0 Å². The maximum atomic E-state index is 5.10. The van der Waals surface area contributed by atoms with Crippen molar-refractivity contribution in [3.8, 4) is 0 Å². The van der Waals surface area contributed by atoms with Crippen LogP contribution in [0.25, 0.3) is 0 Å². The van der Waals surface area contributed by atoms with E-state index in [-0.39, 0.29) is 0 Å². The third-order valence-electron chi connectivity index (χ3n) is 2.55. The minimum Gasteiger partial charge on any atom is -0.383 e. The average molecular weight is 143 g/mol. The van der Waals surface area contributed by atoms with Crippen LogP contribution in [-0.4, -0.2) is 37.7 Å². The highest BCUT2D eigenvalue weighted by Gasteiger charge is 2.26. The summed E-state index contributed by atoms with van der Waals surface area (Å²) in [4.78, 5) is 2.41.